The summed E-state index contributed by atoms with van der Waals surface area (Å²) in [6.07, 6.45) is -0.0602. The van der Waals surface area contributed by atoms with E-state index in [9.17, 15) is 14.4 Å². The molecular weight excluding hydrogens is 497 g/mol. The van der Waals surface area contributed by atoms with Gasteiger partial charge in [0.2, 0.25) is 11.8 Å². The van der Waals surface area contributed by atoms with E-state index < -0.39 is 36.5 Å². The largest absolute Gasteiger partial charge is 0.494 e. The summed E-state index contributed by atoms with van der Waals surface area (Å²) in [6, 6.07) is 14.0. The van der Waals surface area contributed by atoms with Gasteiger partial charge in [-0.05, 0) is 75.2 Å². The predicted octanol–water partition coefficient (Wildman–Crippen LogP) is 3.87. The lowest BCUT2D eigenvalue weighted by Crippen LogP contribution is -2.54. The van der Waals surface area contributed by atoms with Crippen molar-refractivity contribution in [3.05, 3.63) is 48.5 Å². The molecule has 208 valence electrons. The number of carbonyl (C=O) groups is 3. The minimum Gasteiger partial charge on any atom is -0.465 e. The molecule has 2 aliphatic rings. The van der Waals surface area contributed by atoms with E-state index in [0.29, 0.717) is 25.1 Å². The highest BCUT2D eigenvalue weighted by molar-refractivity contribution is 6.62. The zero-order chi connectivity index (χ0) is 28.5. The van der Waals surface area contributed by atoms with Gasteiger partial charge in [-0.1, -0.05) is 50.2 Å². The molecule has 2 saturated heterocycles. The van der Waals surface area contributed by atoms with E-state index in [0.717, 1.165) is 16.6 Å². The number of anilines is 1. The first-order chi connectivity index (χ1) is 18.3. The number of nitrogens with one attached hydrogen (secondary N) is 2. The number of carbonyl (C=O) groups excluding carboxylic acids is 2. The fourth-order valence-corrected chi connectivity index (χ4v) is 4.94. The molecule has 4 rings (SSSR count). The molecule has 0 saturated carbocycles. The summed E-state index contributed by atoms with van der Waals surface area (Å²) in [5.41, 5.74) is 2.64. The maximum absolute atomic E-state index is 13.2. The number of rotatable bonds is 7. The molecule has 2 aromatic carbocycles. The topological polar surface area (TPSA) is 117 Å². The van der Waals surface area contributed by atoms with Gasteiger partial charge < -0.3 is 29.9 Å². The Kier molecular flexibility index (Phi) is 8.09. The predicted molar refractivity (Wildman–Crippen MR) is 151 cm³/mol. The molecule has 2 aliphatic heterocycles. The monoisotopic (exact) mass is 535 g/mol. The molecule has 0 bridgehead atoms. The second-order valence-electron chi connectivity index (χ2n) is 11.6. The molecule has 0 aromatic heterocycles. The number of amides is 3. The van der Waals surface area contributed by atoms with E-state index in [4.69, 9.17) is 14.4 Å². The average molecular weight is 535 g/mol. The van der Waals surface area contributed by atoms with Gasteiger partial charge in [0.05, 0.1) is 11.2 Å². The lowest BCUT2D eigenvalue weighted by molar-refractivity contribution is -0.139. The van der Waals surface area contributed by atoms with E-state index in [-0.39, 0.29) is 17.7 Å². The van der Waals surface area contributed by atoms with E-state index in [1.807, 2.05) is 76.2 Å². The van der Waals surface area contributed by atoms with Crippen LogP contribution in [0.1, 0.15) is 54.4 Å². The summed E-state index contributed by atoms with van der Waals surface area (Å²) in [4.78, 5) is 39.0. The third kappa shape index (κ3) is 6.12. The summed E-state index contributed by atoms with van der Waals surface area (Å²) >= 11 is 0. The van der Waals surface area contributed by atoms with Crippen LogP contribution in [-0.4, -0.2) is 64.9 Å². The first-order valence-corrected chi connectivity index (χ1v) is 13.5. The smallest absolute Gasteiger partial charge is 0.465 e. The second-order valence-corrected chi connectivity index (χ2v) is 11.6. The van der Waals surface area contributed by atoms with Crippen LogP contribution < -0.4 is 16.1 Å². The van der Waals surface area contributed by atoms with Crippen molar-refractivity contribution in [2.24, 2.45) is 5.92 Å². The Morgan fingerprint density at radius 3 is 2.23 bits per heavy atom. The molecule has 0 aliphatic carbocycles. The number of hydrogen-bond donors (Lipinski definition) is 3. The Morgan fingerprint density at radius 2 is 1.64 bits per heavy atom. The molecule has 2 atom stereocenters. The van der Waals surface area contributed by atoms with Crippen LogP contribution in [-0.2, 0) is 18.9 Å². The molecular formula is C29H38BN3O6. The van der Waals surface area contributed by atoms with E-state index in [1.54, 1.807) is 13.8 Å². The molecule has 0 radical (unpaired) electrons. The maximum Gasteiger partial charge on any atom is 0.494 e. The third-order valence-corrected chi connectivity index (χ3v) is 7.95. The lowest BCUT2D eigenvalue weighted by Gasteiger charge is -2.32. The van der Waals surface area contributed by atoms with Crippen molar-refractivity contribution in [3.8, 4) is 11.1 Å². The zero-order valence-corrected chi connectivity index (χ0v) is 23.5. The first-order valence-electron chi connectivity index (χ1n) is 13.5. The van der Waals surface area contributed by atoms with Gasteiger partial charge in [-0.3, -0.25) is 9.59 Å². The van der Waals surface area contributed by atoms with E-state index in [2.05, 4.69) is 10.6 Å². The molecule has 2 aromatic rings. The van der Waals surface area contributed by atoms with Gasteiger partial charge >= 0.3 is 13.2 Å². The Balaban J connectivity index is 1.45. The van der Waals surface area contributed by atoms with Crippen molar-refractivity contribution < 1.29 is 28.8 Å². The summed E-state index contributed by atoms with van der Waals surface area (Å²) < 4.78 is 12.3. The normalized spacial score (nSPS) is 20.6. The second kappa shape index (κ2) is 11.0. The molecule has 2 heterocycles. The number of likely N-dealkylation sites (tertiary alicyclic amines) is 1. The van der Waals surface area contributed by atoms with E-state index >= 15 is 0 Å². The van der Waals surface area contributed by atoms with Gasteiger partial charge in [-0.2, -0.15) is 0 Å². The summed E-state index contributed by atoms with van der Waals surface area (Å²) in [5, 5.41) is 14.4. The number of carboxylic acid groups (broad SMARTS) is 1. The van der Waals surface area contributed by atoms with Crippen molar-refractivity contribution in [2.45, 2.75) is 77.7 Å². The van der Waals surface area contributed by atoms with Gasteiger partial charge in [0.25, 0.3) is 0 Å². The number of benzene rings is 2. The number of nitrogens with zero attached hydrogens (tertiary/aromatic N) is 1. The molecule has 2 fully saturated rings. The SMILES string of the molecule is CC(C)C(NC(=O)O)C(=O)N1CCCC1C(=O)Nc1cccc(-c2ccc(B3OC(C)(C)C(C)(C)O3)cc2)c1. The Labute approximate surface area is 230 Å². The molecule has 3 amide bonds. The number of hydrogen-bond acceptors (Lipinski definition) is 5. The summed E-state index contributed by atoms with van der Waals surface area (Å²) in [7, 11) is -0.437. The maximum atomic E-state index is 13.2. The van der Waals surface area contributed by atoms with Crippen molar-refractivity contribution in [1.29, 1.82) is 0 Å². The molecule has 0 spiro atoms. The van der Waals surface area contributed by atoms with Crippen molar-refractivity contribution in [1.82, 2.24) is 10.2 Å². The van der Waals surface area contributed by atoms with Crippen LogP contribution in [0.4, 0.5) is 10.5 Å². The Bertz CT molecular complexity index is 1210. The van der Waals surface area contributed by atoms with Crippen LogP contribution >= 0.6 is 0 Å². The Hall–Kier alpha value is -3.37. The van der Waals surface area contributed by atoms with Crippen LogP contribution in [0.5, 0.6) is 0 Å². The standard InChI is InChI=1S/C29H38BN3O6/c1-18(2)24(32-27(36)37)26(35)33-16-8-11-23(33)25(34)31-22-10-7-9-20(17-22)19-12-14-21(15-13-19)30-38-28(3,4)29(5,6)39-30/h7,9-10,12-15,17-18,23-24,32H,8,11,16H2,1-6H3,(H,31,34)(H,36,37). The molecule has 3 N–H and O–H groups in total. The van der Waals surface area contributed by atoms with Gasteiger partial charge in [-0.25, -0.2) is 4.79 Å². The third-order valence-electron chi connectivity index (χ3n) is 7.95. The van der Waals surface area contributed by atoms with Gasteiger partial charge in [-0.15, -0.1) is 0 Å². The van der Waals surface area contributed by atoms with Gasteiger partial charge in [0.1, 0.15) is 12.1 Å². The fraction of sp³-hybridized carbons (Fsp3) is 0.483. The van der Waals surface area contributed by atoms with Crippen molar-refractivity contribution in [2.75, 3.05) is 11.9 Å². The highest BCUT2D eigenvalue weighted by Gasteiger charge is 2.51. The highest BCUT2D eigenvalue weighted by atomic mass is 16.7. The van der Waals surface area contributed by atoms with Crippen molar-refractivity contribution >= 4 is 36.2 Å². The molecule has 2 unspecified atom stereocenters. The van der Waals surface area contributed by atoms with Gasteiger partial charge in [0, 0.05) is 12.2 Å². The Morgan fingerprint density at radius 1 is 1.00 bits per heavy atom. The van der Waals surface area contributed by atoms with Crippen LogP contribution in [0.3, 0.4) is 0 Å². The lowest BCUT2D eigenvalue weighted by atomic mass is 9.78. The molecule has 10 heteroatoms. The van der Waals surface area contributed by atoms with Crippen molar-refractivity contribution in [3.63, 3.8) is 0 Å². The van der Waals surface area contributed by atoms with E-state index in [1.165, 1.54) is 4.90 Å². The fourth-order valence-electron chi connectivity index (χ4n) is 4.94. The highest BCUT2D eigenvalue weighted by Crippen LogP contribution is 2.36. The zero-order valence-electron chi connectivity index (χ0n) is 23.5. The quantitative estimate of drug-likeness (QED) is 0.464. The minimum absolute atomic E-state index is 0.245. The average Bonchev–Trinajstić information content (AvgIpc) is 3.44. The van der Waals surface area contributed by atoms with Gasteiger partial charge in [0.15, 0.2) is 0 Å². The van der Waals surface area contributed by atoms with Crippen LogP contribution in [0.2, 0.25) is 0 Å². The summed E-state index contributed by atoms with van der Waals surface area (Å²) in [6.45, 7) is 12.1. The van der Waals surface area contributed by atoms with Crippen LogP contribution in [0.25, 0.3) is 11.1 Å². The molecule has 39 heavy (non-hydrogen) atoms. The molecule has 9 nitrogen and oxygen atoms in total. The van der Waals surface area contributed by atoms with Crippen LogP contribution in [0.15, 0.2) is 48.5 Å². The van der Waals surface area contributed by atoms with Crippen LogP contribution in [0, 0.1) is 5.92 Å². The summed E-state index contributed by atoms with van der Waals surface area (Å²) in [5.74, 6) is -0.904. The first kappa shape index (κ1) is 28.6. The minimum atomic E-state index is -1.26.